The Balaban J connectivity index is 1.48. The van der Waals surface area contributed by atoms with Crippen molar-refractivity contribution in [3.63, 3.8) is 0 Å². The van der Waals surface area contributed by atoms with E-state index in [2.05, 4.69) is 24.9 Å². The van der Waals surface area contributed by atoms with Gasteiger partial charge in [0.2, 0.25) is 0 Å². The second-order valence-corrected chi connectivity index (χ2v) is 7.35. The van der Waals surface area contributed by atoms with E-state index < -0.39 is 0 Å². The van der Waals surface area contributed by atoms with Gasteiger partial charge in [0, 0.05) is 37.1 Å². The summed E-state index contributed by atoms with van der Waals surface area (Å²) in [5.41, 5.74) is 4.40. The highest BCUT2D eigenvalue weighted by Crippen LogP contribution is 2.29. The minimum absolute atomic E-state index is 0.0959. The Labute approximate surface area is 155 Å². The number of aromatic nitrogens is 5. The van der Waals surface area contributed by atoms with Crippen molar-refractivity contribution in [2.45, 2.75) is 32.6 Å². The van der Waals surface area contributed by atoms with Crippen LogP contribution in [0.3, 0.4) is 0 Å². The molecule has 3 aromatic heterocycles. The zero-order valence-corrected chi connectivity index (χ0v) is 15.6. The third kappa shape index (κ3) is 3.24. The van der Waals surface area contributed by atoms with Gasteiger partial charge < -0.3 is 9.88 Å². The maximum Gasteiger partial charge on any atom is 0.265 e. The molecule has 1 aliphatic heterocycles. The fourth-order valence-electron chi connectivity index (χ4n) is 3.36. The Morgan fingerprint density at radius 2 is 2.04 bits per heavy atom. The fraction of sp³-hybridized carbons (Fsp3) is 0.389. The summed E-state index contributed by atoms with van der Waals surface area (Å²) < 4.78 is 0. The molecule has 0 aliphatic carbocycles. The minimum atomic E-state index is 0.0959. The van der Waals surface area contributed by atoms with Crippen molar-refractivity contribution in [3.05, 3.63) is 46.1 Å². The summed E-state index contributed by atoms with van der Waals surface area (Å²) in [5, 5.41) is 0. The molecule has 0 atom stereocenters. The summed E-state index contributed by atoms with van der Waals surface area (Å²) in [6.45, 7) is 5.26. The number of rotatable bonds is 3. The van der Waals surface area contributed by atoms with Crippen molar-refractivity contribution in [3.8, 4) is 11.5 Å². The SMILES string of the molecule is Cc1nc(-c2ncc[nH]2)cc(C2CCN(C(=O)c3scnc3C)CC2)n1. The van der Waals surface area contributed by atoms with Crippen LogP contribution in [0.5, 0.6) is 0 Å². The zero-order valence-electron chi connectivity index (χ0n) is 14.8. The average molecular weight is 368 g/mol. The number of nitrogens with one attached hydrogen (secondary N) is 1. The topological polar surface area (TPSA) is 87.7 Å². The minimum Gasteiger partial charge on any atom is -0.343 e. The summed E-state index contributed by atoms with van der Waals surface area (Å²) in [7, 11) is 0. The molecule has 3 aromatic rings. The van der Waals surface area contributed by atoms with Crippen molar-refractivity contribution in [1.82, 2.24) is 29.8 Å². The molecule has 0 bridgehead atoms. The molecule has 1 amide bonds. The van der Waals surface area contributed by atoms with Crippen molar-refractivity contribution >= 4 is 17.2 Å². The fourth-order valence-corrected chi connectivity index (χ4v) is 4.13. The third-order valence-corrected chi connectivity index (χ3v) is 5.66. The largest absolute Gasteiger partial charge is 0.343 e. The van der Waals surface area contributed by atoms with Crippen molar-refractivity contribution in [2.75, 3.05) is 13.1 Å². The second-order valence-electron chi connectivity index (χ2n) is 6.50. The lowest BCUT2D eigenvalue weighted by molar-refractivity contribution is 0.0716. The molecule has 0 aromatic carbocycles. The van der Waals surface area contributed by atoms with Gasteiger partial charge in [0.25, 0.3) is 5.91 Å². The van der Waals surface area contributed by atoms with Crippen LogP contribution >= 0.6 is 11.3 Å². The molecule has 8 heteroatoms. The van der Waals surface area contributed by atoms with E-state index in [-0.39, 0.29) is 5.91 Å². The van der Waals surface area contributed by atoms with Crippen LogP contribution in [0.2, 0.25) is 0 Å². The van der Waals surface area contributed by atoms with Crippen LogP contribution in [0.4, 0.5) is 0 Å². The van der Waals surface area contributed by atoms with Gasteiger partial charge in [-0.05, 0) is 32.8 Å². The molecule has 7 nitrogen and oxygen atoms in total. The lowest BCUT2D eigenvalue weighted by Gasteiger charge is -2.31. The first-order valence-electron chi connectivity index (χ1n) is 8.66. The van der Waals surface area contributed by atoms with Crippen molar-refractivity contribution < 1.29 is 4.79 Å². The number of likely N-dealkylation sites (tertiary alicyclic amines) is 1. The number of nitrogens with zero attached hydrogens (tertiary/aromatic N) is 5. The van der Waals surface area contributed by atoms with Crippen LogP contribution in [0, 0.1) is 13.8 Å². The lowest BCUT2D eigenvalue weighted by atomic mass is 9.92. The number of aryl methyl sites for hydroxylation is 2. The van der Waals surface area contributed by atoms with E-state index in [0.29, 0.717) is 5.92 Å². The molecule has 0 saturated carbocycles. The Morgan fingerprint density at radius 3 is 2.69 bits per heavy atom. The van der Waals surface area contributed by atoms with Gasteiger partial charge in [-0.25, -0.2) is 19.9 Å². The summed E-state index contributed by atoms with van der Waals surface area (Å²) in [6, 6.07) is 2.02. The summed E-state index contributed by atoms with van der Waals surface area (Å²) in [5.74, 6) is 1.92. The number of carbonyl (C=O) groups excluding carboxylic acids is 1. The predicted molar refractivity (Wildman–Crippen MR) is 99.1 cm³/mol. The van der Waals surface area contributed by atoms with Crippen LogP contribution < -0.4 is 0 Å². The van der Waals surface area contributed by atoms with E-state index in [1.807, 2.05) is 24.8 Å². The second kappa shape index (κ2) is 6.95. The molecular formula is C18H20N6OS. The van der Waals surface area contributed by atoms with Gasteiger partial charge in [0.1, 0.15) is 16.4 Å². The summed E-state index contributed by atoms with van der Waals surface area (Å²) in [4.78, 5) is 36.0. The van der Waals surface area contributed by atoms with Gasteiger partial charge in [-0.3, -0.25) is 4.79 Å². The number of H-pyrrole nitrogens is 1. The predicted octanol–water partition coefficient (Wildman–Crippen LogP) is 2.96. The highest BCUT2D eigenvalue weighted by Gasteiger charge is 2.27. The van der Waals surface area contributed by atoms with E-state index in [9.17, 15) is 4.79 Å². The normalized spacial score (nSPS) is 15.4. The van der Waals surface area contributed by atoms with Gasteiger partial charge in [-0.1, -0.05) is 0 Å². The van der Waals surface area contributed by atoms with Gasteiger partial charge in [-0.2, -0.15) is 0 Å². The van der Waals surface area contributed by atoms with Gasteiger partial charge >= 0.3 is 0 Å². The Bertz CT molecular complexity index is 912. The Morgan fingerprint density at radius 1 is 1.23 bits per heavy atom. The number of thiazole rings is 1. The van der Waals surface area contributed by atoms with E-state index in [4.69, 9.17) is 0 Å². The van der Waals surface area contributed by atoms with Gasteiger partial charge in [0.15, 0.2) is 5.82 Å². The van der Waals surface area contributed by atoms with Gasteiger partial charge in [-0.15, -0.1) is 11.3 Å². The molecule has 1 fully saturated rings. The van der Waals surface area contributed by atoms with Crippen LogP contribution in [0.25, 0.3) is 11.5 Å². The monoisotopic (exact) mass is 368 g/mol. The number of carbonyl (C=O) groups is 1. The average Bonchev–Trinajstić information content (AvgIpc) is 3.32. The third-order valence-electron chi connectivity index (χ3n) is 4.74. The lowest BCUT2D eigenvalue weighted by Crippen LogP contribution is -2.38. The summed E-state index contributed by atoms with van der Waals surface area (Å²) >= 11 is 1.42. The number of hydrogen-bond donors (Lipinski definition) is 1. The number of amides is 1. The highest BCUT2D eigenvalue weighted by molar-refractivity contribution is 7.11. The molecule has 26 heavy (non-hydrogen) atoms. The van der Waals surface area contributed by atoms with Crippen LogP contribution in [0.1, 0.15) is 45.6 Å². The molecule has 134 valence electrons. The van der Waals surface area contributed by atoms with Crippen molar-refractivity contribution in [2.24, 2.45) is 0 Å². The van der Waals surface area contributed by atoms with Crippen LogP contribution in [-0.2, 0) is 0 Å². The first-order chi connectivity index (χ1) is 12.6. The molecule has 4 rings (SSSR count). The van der Waals surface area contributed by atoms with E-state index in [1.54, 1.807) is 17.9 Å². The zero-order chi connectivity index (χ0) is 18.1. The van der Waals surface area contributed by atoms with Crippen LogP contribution in [0.15, 0.2) is 24.0 Å². The first kappa shape index (κ1) is 16.8. The Hall–Kier alpha value is -2.61. The molecule has 4 heterocycles. The Kier molecular flexibility index (Phi) is 4.50. The van der Waals surface area contributed by atoms with Crippen LogP contribution in [-0.4, -0.2) is 48.8 Å². The quantitative estimate of drug-likeness (QED) is 0.768. The molecule has 1 aliphatic rings. The number of aromatic amines is 1. The number of hydrogen-bond acceptors (Lipinski definition) is 6. The maximum absolute atomic E-state index is 12.6. The molecular weight excluding hydrogens is 348 g/mol. The highest BCUT2D eigenvalue weighted by atomic mass is 32.1. The molecule has 0 radical (unpaired) electrons. The smallest absolute Gasteiger partial charge is 0.265 e. The first-order valence-corrected chi connectivity index (χ1v) is 9.54. The molecule has 1 saturated heterocycles. The van der Waals surface area contributed by atoms with E-state index in [0.717, 1.165) is 59.5 Å². The maximum atomic E-state index is 12.6. The van der Waals surface area contributed by atoms with E-state index in [1.165, 1.54) is 11.3 Å². The van der Waals surface area contributed by atoms with Crippen molar-refractivity contribution in [1.29, 1.82) is 0 Å². The molecule has 1 N–H and O–H groups in total. The number of piperidine rings is 1. The summed E-state index contributed by atoms with van der Waals surface area (Å²) in [6.07, 6.45) is 5.31. The molecule has 0 unspecified atom stereocenters. The number of imidazole rings is 1. The van der Waals surface area contributed by atoms with Gasteiger partial charge in [0.05, 0.1) is 11.2 Å². The standard InChI is InChI=1S/C18H20N6OS/c1-11-16(26-10-21-11)18(25)24-7-3-13(4-8-24)14-9-15(23-12(2)22-14)17-19-5-6-20-17/h5-6,9-10,13H,3-4,7-8H2,1-2H3,(H,19,20). The molecule has 0 spiro atoms. The van der Waals surface area contributed by atoms with E-state index >= 15 is 0 Å².